The zero-order valence-electron chi connectivity index (χ0n) is 6.35. The molecule has 0 unspecified atom stereocenters. The molecule has 0 aliphatic carbocycles. The first-order valence-corrected chi connectivity index (χ1v) is 4.56. The molecule has 0 aliphatic heterocycles. The number of pyridine rings is 1. The summed E-state index contributed by atoms with van der Waals surface area (Å²) in [5, 5.41) is 0.217. The van der Waals surface area contributed by atoms with Gasteiger partial charge in [-0.3, -0.25) is 4.79 Å². The SMILES string of the molecule is Nc1c(Cl)cc(C(=O)CCl)nc1Cl. The summed E-state index contributed by atoms with van der Waals surface area (Å²) in [6.07, 6.45) is 0. The number of ketones is 1. The monoisotopic (exact) mass is 238 g/mol. The molecule has 3 nitrogen and oxygen atoms in total. The van der Waals surface area contributed by atoms with E-state index in [4.69, 9.17) is 40.5 Å². The lowest BCUT2D eigenvalue weighted by molar-refractivity contribution is 0.101. The third kappa shape index (κ3) is 2.24. The number of alkyl halides is 1. The van der Waals surface area contributed by atoms with E-state index in [0.29, 0.717) is 0 Å². The summed E-state index contributed by atoms with van der Waals surface area (Å²) in [5.74, 6) is -0.505. The van der Waals surface area contributed by atoms with Crippen LogP contribution in [-0.2, 0) is 0 Å². The zero-order valence-corrected chi connectivity index (χ0v) is 8.62. The molecule has 0 spiro atoms. The van der Waals surface area contributed by atoms with Gasteiger partial charge in [-0.15, -0.1) is 11.6 Å². The first kappa shape index (κ1) is 10.6. The molecule has 0 saturated heterocycles. The van der Waals surface area contributed by atoms with Crippen molar-refractivity contribution in [1.82, 2.24) is 4.98 Å². The maximum absolute atomic E-state index is 11.1. The third-order valence-corrected chi connectivity index (χ3v) is 2.21. The predicted molar refractivity (Wildman–Crippen MR) is 53.7 cm³/mol. The fourth-order valence-corrected chi connectivity index (χ4v) is 1.28. The minimum Gasteiger partial charge on any atom is -0.395 e. The fourth-order valence-electron chi connectivity index (χ4n) is 0.706. The van der Waals surface area contributed by atoms with Crippen LogP contribution in [0, 0.1) is 0 Å². The summed E-state index contributed by atoms with van der Waals surface area (Å²) < 4.78 is 0. The van der Waals surface area contributed by atoms with Crippen LogP contribution in [0.2, 0.25) is 10.2 Å². The molecular formula is C7H5Cl3N2O. The molecule has 13 heavy (non-hydrogen) atoms. The molecule has 0 radical (unpaired) electrons. The second-order valence-electron chi connectivity index (χ2n) is 2.25. The summed E-state index contributed by atoms with van der Waals surface area (Å²) in [5.41, 5.74) is 5.71. The maximum Gasteiger partial charge on any atom is 0.195 e. The van der Waals surface area contributed by atoms with E-state index >= 15 is 0 Å². The Morgan fingerprint density at radius 3 is 2.62 bits per heavy atom. The van der Waals surface area contributed by atoms with Crippen molar-refractivity contribution < 1.29 is 4.79 Å². The van der Waals surface area contributed by atoms with Crippen molar-refractivity contribution in [3.05, 3.63) is 21.9 Å². The highest BCUT2D eigenvalue weighted by Gasteiger charge is 2.11. The normalized spacial score (nSPS) is 10.1. The lowest BCUT2D eigenvalue weighted by Gasteiger charge is -2.02. The molecular weight excluding hydrogens is 234 g/mol. The summed E-state index contributed by atoms with van der Waals surface area (Å²) in [6, 6.07) is 1.34. The number of rotatable bonds is 2. The van der Waals surface area contributed by atoms with Gasteiger partial charge in [0.25, 0.3) is 0 Å². The molecule has 0 amide bonds. The second-order valence-corrected chi connectivity index (χ2v) is 3.28. The van der Waals surface area contributed by atoms with E-state index < -0.39 is 0 Å². The standard InChI is InChI=1S/C7H5Cl3N2O/c8-2-5(13)4-1-3(9)6(11)7(10)12-4/h1H,2,11H2. The van der Waals surface area contributed by atoms with E-state index in [1.807, 2.05) is 0 Å². The number of carbonyl (C=O) groups excluding carboxylic acids is 1. The van der Waals surface area contributed by atoms with E-state index in [1.54, 1.807) is 0 Å². The molecule has 2 N–H and O–H groups in total. The average molecular weight is 239 g/mol. The van der Waals surface area contributed by atoms with Gasteiger partial charge in [-0.05, 0) is 6.07 Å². The number of carbonyl (C=O) groups is 1. The van der Waals surface area contributed by atoms with Crippen LogP contribution in [0.15, 0.2) is 6.07 Å². The second kappa shape index (κ2) is 4.13. The highest BCUT2D eigenvalue weighted by atomic mass is 35.5. The van der Waals surface area contributed by atoms with Gasteiger partial charge in [0.1, 0.15) is 5.69 Å². The van der Waals surface area contributed by atoms with Gasteiger partial charge in [0.2, 0.25) is 0 Å². The number of nitrogens with two attached hydrogens (primary N) is 1. The van der Waals surface area contributed by atoms with Crippen LogP contribution < -0.4 is 5.73 Å². The van der Waals surface area contributed by atoms with Gasteiger partial charge >= 0.3 is 0 Å². The first-order chi connectivity index (χ1) is 6.06. The molecule has 0 saturated carbocycles. The number of nitrogen functional groups attached to an aromatic ring is 1. The Morgan fingerprint density at radius 1 is 1.54 bits per heavy atom. The van der Waals surface area contributed by atoms with Gasteiger partial charge in [-0.25, -0.2) is 4.98 Å². The van der Waals surface area contributed by atoms with Crippen LogP contribution in [0.5, 0.6) is 0 Å². The molecule has 6 heteroatoms. The molecule has 1 rings (SSSR count). The van der Waals surface area contributed by atoms with Gasteiger partial charge < -0.3 is 5.73 Å². The Labute approximate surface area is 89.8 Å². The summed E-state index contributed by atoms with van der Waals surface area (Å²) in [4.78, 5) is 14.8. The fraction of sp³-hybridized carbons (Fsp3) is 0.143. The number of anilines is 1. The Balaban J connectivity index is 3.20. The summed E-state index contributed by atoms with van der Waals surface area (Å²) in [6.45, 7) is 0. The predicted octanol–water partition coefficient (Wildman–Crippen LogP) is 2.39. The lowest BCUT2D eigenvalue weighted by Crippen LogP contribution is -2.05. The molecule has 1 heterocycles. The van der Waals surface area contributed by atoms with Crippen LogP contribution in [0.1, 0.15) is 10.5 Å². The first-order valence-electron chi connectivity index (χ1n) is 3.27. The van der Waals surface area contributed by atoms with Crippen LogP contribution >= 0.6 is 34.8 Å². The number of aromatic nitrogens is 1. The van der Waals surface area contributed by atoms with Crippen molar-refractivity contribution in [3.63, 3.8) is 0 Å². The lowest BCUT2D eigenvalue weighted by atomic mass is 10.2. The minimum absolute atomic E-state index is 0.0148. The smallest absolute Gasteiger partial charge is 0.195 e. The Morgan fingerprint density at radius 2 is 2.15 bits per heavy atom. The molecule has 0 aromatic carbocycles. The number of hydrogen-bond acceptors (Lipinski definition) is 3. The van der Waals surface area contributed by atoms with Crippen LogP contribution in [0.25, 0.3) is 0 Å². The van der Waals surface area contributed by atoms with Gasteiger partial charge in [-0.1, -0.05) is 23.2 Å². The van der Waals surface area contributed by atoms with Crippen molar-refractivity contribution in [2.75, 3.05) is 11.6 Å². The van der Waals surface area contributed by atoms with Gasteiger partial charge in [-0.2, -0.15) is 0 Å². The van der Waals surface area contributed by atoms with Crippen LogP contribution in [0.3, 0.4) is 0 Å². The van der Waals surface area contributed by atoms with E-state index in [2.05, 4.69) is 4.98 Å². The topological polar surface area (TPSA) is 56.0 Å². The van der Waals surface area contributed by atoms with Crippen molar-refractivity contribution in [1.29, 1.82) is 0 Å². The van der Waals surface area contributed by atoms with E-state index in [0.717, 1.165) is 0 Å². The largest absolute Gasteiger partial charge is 0.395 e. The summed E-state index contributed by atoms with van der Waals surface area (Å²) >= 11 is 16.6. The molecule has 0 atom stereocenters. The molecule has 70 valence electrons. The minimum atomic E-state index is -0.342. The molecule has 0 bridgehead atoms. The number of nitrogens with zero attached hydrogens (tertiary/aromatic N) is 1. The average Bonchev–Trinajstić information content (AvgIpc) is 2.12. The van der Waals surface area contributed by atoms with Gasteiger partial charge in [0, 0.05) is 0 Å². The summed E-state index contributed by atoms with van der Waals surface area (Å²) in [7, 11) is 0. The molecule has 1 aromatic rings. The van der Waals surface area contributed by atoms with E-state index in [9.17, 15) is 4.79 Å². The van der Waals surface area contributed by atoms with Crippen LogP contribution in [0.4, 0.5) is 5.69 Å². The quantitative estimate of drug-likeness (QED) is 0.490. The van der Waals surface area contributed by atoms with Crippen LogP contribution in [-0.4, -0.2) is 16.6 Å². The number of hydrogen-bond donors (Lipinski definition) is 1. The van der Waals surface area contributed by atoms with Gasteiger partial charge in [0.05, 0.1) is 16.6 Å². The van der Waals surface area contributed by atoms with Crippen molar-refractivity contribution in [2.24, 2.45) is 0 Å². The van der Waals surface area contributed by atoms with Gasteiger partial charge in [0.15, 0.2) is 10.9 Å². The number of Topliss-reactive ketones (excluding diaryl/α,β-unsaturated/α-hetero) is 1. The number of halogens is 3. The Hall–Kier alpha value is -0.510. The highest BCUT2D eigenvalue weighted by molar-refractivity contribution is 6.38. The maximum atomic E-state index is 11.1. The van der Waals surface area contributed by atoms with Crippen molar-refractivity contribution >= 4 is 46.3 Å². The van der Waals surface area contributed by atoms with Crippen molar-refractivity contribution in [2.45, 2.75) is 0 Å². The Bertz CT molecular complexity index is 331. The molecule has 0 aliphatic rings. The molecule has 1 aromatic heterocycles. The van der Waals surface area contributed by atoms with Crippen molar-refractivity contribution in [3.8, 4) is 0 Å². The highest BCUT2D eigenvalue weighted by Crippen LogP contribution is 2.26. The Kier molecular flexibility index (Phi) is 3.36. The molecule has 0 fully saturated rings. The third-order valence-electron chi connectivity index (χ3n) is 1.37. The zero-order chi connectivity index (χ0) is 10.0. The van der Waals surface area contributed by atoms with E-state index in [-0.39, 0.29) is 33.2 Å². The van der Waals surface area contributed by atoms with E-state index in [1.165, 1.54) is 6.07 Å².